The summed E-state index contributed by atoms with van der Waals surface area (Å²) in [7, 11) is 0. The first-order valence-corrected chi connectivity index (χ1v) is 23.7. The molecule has 11 atom stereocenters. The minimum atomic E-state index is -0.890. The monoisotopic (exact) mass is 826 g/mol. The molecule has 7 fully saturated rings. The second-order valence-electron chi connectivity index (χ2n) is 23.7. The van der Waals surface area contributed by atoms with Gasteiger partial charge in [-0.2, -0.15) is 0 Å². The van der Waals surface area contributed by atoms with E-state index < -0.39 is 11.4 Å². The molecule has 1 aromatic carbocycles. The molecule has 2 aromatic rings. The Hall–Kier alpha value is -3.23. The van der Waals surface area contributed by atoms with Gasteiger partial charge in [0.1, 0.15) is 17.7 Å². The fourth-order valence-electron chi connectivity index (χ4n) is 16.4. The number of nitrogens with zero attached hydrogens (tertiary/aromatic N) is 2. The lowest BCUT2D eigenvalue weighted by Crippen LogP contribution is -2.67. The fraction of sp³-hybridized carbons (Fsp3) is 0.765. The number of carbonyl (C=O) groups is 3. The molecule has 1 unspecified atom stereocenters. The molecule has 1 amide bonds. The molecule has 2 N–H and O–H groups in total. The highest BCUT2D eigenvalue weighted by molar-refractivity contribution is 5.84. The van der Waals surface area contributed by atoms with Crippen molar-refractivity contribution < 1.29 is 28.6 Å². The van der Waals surface area contributed by atoms with Gasteiger partial charge in [0.05, 0.1) is 36.2 Å². The number of fused-ring (bicyclic) bond motifs is 7. The van der Waals surface area contributed by atoms with Gasteiger partial charge >= 0.3 is 11.9 Å². The van der Waals surface area contributed by atoms with Crippen molar-refractivity contribution in [3.05, 3.63) is 42.1 Å². The number of benzene rings is 1. The van der Waals surface area contributed by atoms with Gasteiger partial charge in [-0.05, 0) is 159 Å². The predicted molar refractivity (Wildman–Crippen MR) is 230 cm³/mol. The third-order valence-electron chi connectivity index (χ3n) is 19.8. The minimum Gasteiger partial charge on any atom is -0.481 e. The topological polar surface area (TPSA) is 113 Å². The van der Waals surface area contributed by atoms with E-state index in [2.05, 4.69) is 51.4 Å². The number of ether oxygens (including phenoxy) is 1. The summed E-state index contributed by atoms with van der Waals surface area (Å²) >= 11 is 0. The fourth-order valence-corrected chi connectivity index (χ4v) is 16.4. The number of nitrogens with one attached hydrogen (secondary N) is 1. The van der Waals surface area contributed by atoms with Crippen LogP contribution in [0.4, 0.5) is 4.39 Å². The molecule has 6 aliphatic carbocycles. The Morgan fingerprint density at radius 1 is 0.867 bits per heavy atom. The summed E-state index contributed by atoms with van der Waals surface area (Å²) in [6.07, 6.45) is 16.8. The zero-order valence-electron chi connectivity index (χ0n) is 37.8. The number of carboxylic acids is 1. The number of aliphatic carboxylic acids is 1. The number of carboxylic acid groups (broad SMARTS) is 1. The van der Waals surface area contributed by atoms with Gasteiger partial charge in [0.15, 0.2) is 0 Å². The van der Waals surface area contributed by atoms with E-state index in [1.54, 1.807) is 12.3 Å². The van der Waals surface area contributed by atoms with Crippen molar-refractivity contribution in [1.82, 2.24) is 14.9 Å². The van der Waals surface area contributed by atoms with Crippen molar-refractivity contribution in [3.63, 3.8) is 0 Å². The summed E-state index contributed by atoms with van der Waals surface area (Å²) < 4.78 is 20.5. The van der Waals surface area contributed by atoms with E-state index in [0.717, 1.165) is 87.8 Å². The number of hydrogen-bond donors (Lipinski definition) is 2. The molecule has 7 aliphatic rings. The molecule has 8 nitrogen and oxygen atoms in total. The molecular weight excluding hydrogens is 754 g/mol. The molecule has 0 radical (unpaired) electrons. The molecule has 328 valence electrons. The van der Waals surface area contributed by atoms with Crippen molar-refractivity contribution in [1.29, 1.82) is 0 Å². The molecule has 1 aliphatic heterocycles. The van der Waals surface area contributed by atoms with Gasteiger partial charge in [-0.1, -0.05) is 67.5 Å². The SMILES string of the molecule is CC(C)(CC(=O)O)CC(=O)O[C@H]1CC[C@]2(C)[C@H]3CC[C@@H]4[C@H]5C(C6(C)CC6)CC[C@]5(C(=O)N5CCC[C@H]5c5ncc(-c6cccc(F)c6)[nH]5)CC[C@@]4(C)[C@]3(C)CC[C@H]2C1(C)C. The number of likely N-dealkylation sites (tertiary alicyclic amines) is 1. The van der Waals surface area contributed by atoms with Gasteiger partial charge in [0, 0.05) is 17.5 Å². The number of halogens is 1. The lowest BCUT2D eigenvalue weighted by molar-refractivity contribution is -0.251. The Bertz CT molecular complexity index is 2040. The number of hydrogen-bond acceptors (Lipinski definition) is 5. The maximum absolute atomic E-state index is 15.7. The van der Waals surface area contributed by atoms with Gasteiger partial charge < -0.3 is 19.7 Å². The largest absolute Gasteiger partial charge is 0.481 e. The van der Waals surface area contributed by atoms with E-state index in [0.29, 0.717) is 40.9 Å². The van der Waals surface area contributed by atoms with Gasteiger partial charge in [-0.15, -0.1) is 0 Å². The summed E-state index contributed by atoms with van der Waals surface area (Å²) in [5.74, 6) is 2.22. The Labute approximate surface area is 358 Å². The predicted octanol–water partition coefficient (Wildman–Crippen LogP) is 11.6. The summed E-state index contributed by atoms with van der Waals surface area (Å²) in [4.78, 5) is 51.1. The van der Waals surface area contributed by atoms with Crippen LogP contribution in [0.3, 0.4) is 0 Å². The van der Waals surface area contributed by atoms with Crippen LogP contribution in [0.5, 0.6) is 0 Å². The first-order chi connectivity index (χ1) is 28.2. The maximum atomic E-state index is 15.7. The molecule has 60 heavy (non-hydrogen) atoms. The molecule has 9 rings (SSSR count). The van der Waals surface area contributed by atoms with Crippen LogP contribution in [0.15, 0.2) is 30.5 Å². The average Bonchev–Trinajstić information content (AvgIpc) is 3.55. The first kappa shape index (κ1) is 42.1. The second kappa shape index (κ2) is 14.1. The molecule has 2 heterocycles. The van der Waals surface area contributed by atoms with Crippen molar-refractivity contribution in [2.45, 2.75) is 170 Å². The van der Waals surface area contributed by atoms with Crippen LogP contribution in [-0.2, 0) is 19.1 Å². The van der Waals surface area contributed by atoms with Gasteiger partial charge in [0.25, 0.3) is 0 Å². The Kier molecular flexibility index (Phi) is 9.92. The van der Waals surface area contributed by atoms with Crippen LogP contribution in [0.2, 0.25) is 0 Å². The van der Waals surface area contributed by atoms with Crippen molar-refractivity contribution >= 4 is 17.8 Å². The number of rotatable bonds is 9. The molecule has 0 spiro atoms. The molecule has 6 saturated carbocycles. The second-order valence-corrected chi connectivity index (χ2v) is 23.7. The van der Waals surface area contributed by atoms with E-state index in [4.69, 9.17) is 9.72 Å². The molecule has 1 saturated heterocycles. The van der Waals surface area contributed by atoms with Gasteiger partial charge in [0.2, 0.25) is 5.91 Å². The molecule has 9 heteroatoms. The average molecular weight is 826 g/mol. The van der Waals surface area contributed by atoms with E-state index in [1.165, 1.54) is 37.8 Å². The molecule has 0 bridgehead atoms. The summed E-state index contributed by atoms with van der Waals surface area (Å²) in [6.45, 7) is 19.6. The maximum Gasteiger partial charge on any atom is 0.306 e. The highest BCUT2D eigenvalue weighted by atomic mass is 19.1. The quantitative estimate of drug-likeness (QED) is 0.244. The van der Waals surface area contributed by atoms with E-state index >= 15 is 4.79 Å². The number of H-pyrrole nitrogens is 1. The number of aromatic amines is 1. The Balaban J connectivity index is 0.979. The number of carbonyl (C=O) groups excluding carboxylic acids is 2. The molecular formula is C51H72FN3O5. The highest BCUT2D eigenvalue weighted by Gasteiger charge is 2.74. The Morgan fingerprint density at radius 3 is 2.35 bits per heavy atom. The number of amides is 1. The third kappa shape index (κ3) is 6.36. The van der Waals surface area contributed by atoms with Crippen LogP contribution in [0.25, 0.3) is 11.3 Å². The molecule has 1 aromatic heterocycles. The Morgan fingerprint density at radius 2 is 1.63 bits per heavy atom. The van der Waals surface area contributed by atoms with Crippen molar-refractivity contribution in [2.24, 2.45) is 67.5 Å². The number of aromatic nitrogens is 2. The van der Waals surface area contributed by atoms with Crippen molar-refractivity contribution in [2.75, 3.05) is 6.54 Å². The van der Waals surface area contributed by atoms with Crippen molar-refractivity contribution in [3.8, 4) is 11.3 Å². The van der Waals surface area contributed by atoms with Gasteiger partial charge in [-0.25, -0.2) is 9.37 Å². The van der Waals surface area contributed by atoms with E-state index in [1.807, 2.05) is 19.9 Å². The summed E-state index contributed by atoms with van der Waals surface area (Å²) in [5, 5.41) is 9.41. The van der Waals surface area contributed by atoms with Crippen LogP contribution >= 0.6 is 0 Å². The van der Waals surface area contributed by atoms with E-state index in [9.17, 15) is 19.1 Å². The lowest BCUT2D eigenvalue weighted by atomic mass is 9.32. The number of imidazole rings is 1. The van der Waals surface area contributed by atoms with Crippen LogP contribution < -0.4 is 0 Å². The smallest absolute Gasteiger partial charge is 0.306 e. The minimum absolute atomic E-state index is 0.0587. The standard InChI is InChI=1S/C51H72FN3O5/c1-45(2,28-40(56)57)29-41(58)60-39-18-19-48(6)37(46(39,3)4)17-20-50(8)38(48)15-14-34-42-33(47(5)22-23-47)16-21-51(42,25-24-49(34,50)7)44(59)55-26-10-13-36(55)43-53-30-35(54-43)31-11-9-12-32(52)27-31/h9,11-12,27,30,33-34,36-39,42H,10,13-26,28-29H2,1-8H3,(H,53,54)(H,56,57)/t33?,34-,36+,37+,38-,39+,42-,48+,49-,50-,51+/m1/s1. The zero-order chi connectivity index (χ0) is 42.8. The van der Waals surface area contributed by atoms with Crippen LogP contribution in [-0.4, -0.2) is 50.5 Å². The summed E-state index contributed by atoms with van der Waals surface area (Å²) in [5.41, 5.74) is 1.10. The van der Waals surface area contributed by atoms with E-state index in [-0.39, 0.29) is 63.8 Å². The first-order valence-electron chi connectivity index (χ1n) is 23.7. The van der Waals surface area contributed by atoms with Gasteiger partial charge in [-0.3, -0.25) is 14.4 Å². The zero-order valence-corrected chi connectivity index (χ0v) is 37.8. The van der Waals surface area contributed by atoms with Crippen LogP contribution in [0.1, 0.15) is 170 Å². The van der Waals surface area contributed by atoms with Crippen LogP contribution in [0, 0.1) is 73.3 Å². The summed E-state index contributed by atoms with van der Waals surface area (Å²) in [6, 6.07) is 6.54. The number of esters is 1. The lowest BCUT2D eigenvalue weighted by Gasteiger charge is -2.73. The third-order valence-corrected chi connectivity index (χ3v) is 19.8. The highest BCUT2D eigenvalue weighted by Crippen LogP contribution is 2.79. The normalized spacial score (nSPS) is 40.1.